The molecular formula is C12H16BrNO3. The van der Waals surface area contributed by atoms with Crippen LogP contribution in [-0.4, -0.2) is 41.4 Å². The smallest absolute Gasteiger partial charge is 0.257 e. The van der Waals surface area contributed by atoms with Gasteiger partial charge in [-0.2, -0.15) is 0 Å². The van der Waals surface area contributed by atoms with Crippen LogP contribution in [0.5, 0.6) is 0 Å². The predicted molar refractivity (Wildman–Crippen MR) is 67.5 cm³/mol. The Kier molecular flexibility index (Phi) is 3.89. The number of rotatable bonds is 2. The molecule has 2 atom stereocenters. The van der Waals surface area contributed by atoms with Gasteiger partial charge in [0.1, 0.15) is 12.0 Å². The summed E-state index contributed by atoms with van der Waals surface area (Å²) in [5.41, 5.74) is 0.616. The average molecular weight is 302 g/mol. The van der Waals surface area contributed by atoms with Gasteiger partial charge in [0, 0.05) is 18.4 Å². The zero-order valence-electron chi connectivity index (χ0n) is 9.98. The fraction of sp³-hybridized carbons (Fsp3) is 0.583. The summed E-state index contributed by atoms with van der Waals surface area (Å²) in [6, 6.07) is 1.77. The summed E-state index contributed by atoms with van der Waals surface area (Å²) in [6.45, 7) is 5.07. The first kappa shape index (κ1) is 12.6. The van der Waals surface area contributed by atoms with Crippen molar-refractivity contribution in [2.24, 2.45) is 0 Å². The number of alkyl halides is 1. The van der Waals surface area contributed by atoms with Crippen LogP contribution in [0.3, 0.4) is 0 Å². The van der Waals surface area contributed by atoms with Crippen molar-refractivity contribution in [3.63, 3.8) is 0 Å². The van der Waals surface area contributed by atoms with Crippen LogP contribution in [0.4, 0.5) is 0 Å². The summed E-state index contributed by atoms with van der Waals surface area (Å²) in [4.78, 5) is 14.0. The maximum atomic E-state index is 12.2. The highest BCUT2D eigenvalue weighted by Gasteiger charge is 2.28. The zero-order valence-corrected chi connectivity index (χ0v) is 11.6. The number of ether oxygens (including phenoxy) is 1. The molecule has 5 heteroatoms. The number of carbonyl (C=O) groups is 1. The van der Waals surface area contributed by atoms with Gasteiger partial charge in [-0.1, -0.05) is 15.9 Å². The molecule has 1 fully saturated rings. The van der Waals surface area contributed by atoms with E-state index in [4.69, 9.17) is 9.15 Å². The molecule has 1 saturated heterocycles. The Bertz CT molecular complexity index is 404. The molecule has 1 aromatic heterocycles. The molecule has 0 N–H and O–H groups in total. The van der Waals surface area contributed by atoms with E-state index in [9.17, 15) is 4.79 Å². The summed E-state index contributed by atoms with van der Waals surface area (Å²) in [6.07, 6.45) is 1.65. The lowest BCUT2D eigenvalue weighted by atomic mass is 10.2. The molecule has 4 nitrogen and oxygen atoms in total. The van der Waals surface area contributed by atoms with Crippen molar-refractivity contribution >= 4 is 21.8 Å². The summed E-state index contributed by atoms with van der Waals surface area (Å²) in [5, 5.41) is 0.742. The van der Waals surface area contributed by atoms with Crippen molar-refractivity contribution in [1.29, 1.82) is 0 Å². The van der Waals surface area contributed by atoms with Crippen molar-refractivity contribution < 1.29 is 13.9 Å². The molecule has 1 aliphatic heterocycles. The molecule has 0 aliphatic carbocycles. The molecule has 94 valence electrons. The Balaban J connectivity index is 2.08. The van der Waals surface area contributed by atoms with E-state index in [2.05, 4.69) is 15.9 Å². The van der Waals surface area contributed by atoms with Gasteiger partial charge < -0.3 is 14.1 Å². The molecule has 0 spiro atoms. The third kappa shape index (κ3) is 2.90. The predicted octanol–water partition coefficient (Wildman–Crippen LogP) is 2.21. The van der Waals surface area contributed by atoms with E-state index < -0.39 is 0 Å². The number of nitrogens with zero attached hydrogens (tertiary/aromatic N) is 1. The van der Waals surface area contributed by atoms with Crippen LogP contribution in [0.2, 0.25) is 0 Å². The highest BCUT2D eigenvalue weighted by atomic mass is 79.9. The number of aryl methyl sites for hydroxylation is 1. The molecule has 1 aliphatic rings. The third-order valence-corrected chi connectivity index (χ3v) is 3.49. The molecular weight excluding hydrogens is 286 g/mol. The minimum absolute atomic E-state index is 0.0166. The largest absolute Gasteiger partial charge is 0.469 e. The van der Waals surface area contributed by atoms with E-state index in [0.717, 1.165) is 11.1 Å². The van der Waals surface area contributed by atoms with Crippen LogP contribution in [0.1, 0.15) is 23.0 Å². The second-order valence-electron chi connectivity index (χ2n) is 4.38. The number of hydrogen-bond acceptors (Lipinski definition) is 3. The van der Waals surface area contributed by atoms with Crippen LogP contribution in [-0.2, 0) is 4.74 Å². The van der Waals surface area contributed by atoms with E-state index >= 15 is 0 Å². The normalized spacial score (nSPS) is 25.0. The van der Waals surface area contributed by atoms with Gasteiger partial charge in [0.25, 0.3) is 5.91 Å². The lowest BCUT2D eigenvalue weighted by molar-refractivity contribution is -0.0559. The molecule has 0 bridgehead atoms. The standard InChI is InChI=1S/C12H16BrNO3/c1-8-3-10(7-16-8)12(15)14-5-9(2)17-11(4-13)6-14/h3,7,9,11H,4-6H2,1-2H3. The number of carbonyl (C=O) groups excluding carboxylic acids is 1. The molecule has 0 aromatic carbocycles. The van der Waals surface area contributed by atoms with Crippen molar-refractivity contribution in [3.05, 3.63) is 23.7 Å². The Morgan fingerprint density at radius 1 is 1.59 bits per heavy atom. The third-order valence-electron chi connectivity index (χ3n) is 2.76. The topological polar surface area (TPSA) is 42.7 Å². The van der Waals surface area contributed by atoms with Gasteiger partial charge in [-0.25, -0.2) is 0 Å². The molecule has 0 saturated carbocycles. The van der Waals surface area contributed by atoms with Crippen molar-refractivity contribution in [3.8, 4) is 0 Å². The molecule has 2 heterocycles. The van der Waals surface area contributed by atoms with Crippen molar-refractivity contribution in [2.75, 3.05) is 18.4 Å². The molecule has 2 rings (SSSR count). The molecule has 0 radical (unpaired) electrons. The van der Waals surface area contributed by atoms with Gasteiger partial charge in [0.05, 0.1) is 17.8 Å². The van der Waals surface area contributed by atoms with Crippen molar-refractivity contribution in [2.45, 2.75) is 26.1 Å². The van der Waals surface area contributed by atoms with Crippen LogP contribution in [0, 0.1) is 6.92 Å². The highest BCUT2D eigenvalue weighted by molar-refractivity contribution is 9.09. The monoisotopic (exact) mass is 301 g/mol. The number of furan rings is 1. The lowest BCUT2D eigenvalue weighted by Crippen LogP contribution is -2.49. The van der Waals surface area contributed by atoms with E-state index in [1.165, 1.54) is 6.26 Å². The van der Waals surface area contributed by atoms with Gasteiger partial charge in [-0.15, -0.1) is 0 Å². The first-order chi connectivity index (χ1) is 8.10. The maximum absolute atomic E-state index is 12.2. The van der Waals surface area contributed by atoms with Gasteiger partial charge in [-0.05, 0) is 19.9 Å². The second-order valence-corrected chi connectivity index (χ2v) is 5.03. The summed E-state index contributed by atoms with van der Waals surface area (Å²) in [5.74, 6) is 0.773. The fourth-order valence-corrected chi connectivity index (χ4v) is 2.39. The summed E-state index contributed by atoms with van der Waals surface area (Å²) in [7, 11) is 0. The van der Waals surface area contributed by atoms with E-state index in [1.807, 2.05) is 18.7 Å². The lowest BCUT2D eigenvalue weighted by Gasteiger charge is -2.35. The zero-order chi connectivity index (χ0) is 12.4. The van der Waals surface area contributed by atoms with Crippen LogP contribution >= 0.6 is 15.9 Å². The second kappa shape index (κ2) is 5.23. The van der Waals surface area contributed by atoms with Crippen LogP contribution in [0.15, 0.2) is 16.7 Å². The molecule has 1 aromatic rings. The van der Waals surface area contributed by atoms with Gasteiger partial charge >= 0.3 is 0 Å². The SMILES string of the molecule is Cc1cc(C(=O)N2CC(C)OC(CBr)C2)co1. The van der Waals surface area contributed by atoms with Crippen LogP contribution in [0.25, 0.3) is 0 Å². The van der Waals surface area contributed by atoms with Gasteiger partial charge in [-0.3, -0.25) is 4.79 Å². The number of amides is 1. The Morgan fingerprint density at radius 3 is 2.94 bits per heavy atom. The maximum Gasteiger partial charge on any atom is 0.257 e. The number of halogens is 1. The van der Waals surface area contributed by atoms with E-state index in [-0.39, 0.29) is 18.1 Å². The first-order valence-electron chi connectivity index (χ1n) is 5.66. The molecule has 1 amide bonds. The van der Waals surface area contributed by atoms with Crippen molar-refractivity contribution in [1.82, 2.24) is 4.90 Å². The first-order valence-corrected chi connectivity index (χ1v) is 6.78. The molecule has 17 heavy (non-hydrogen) atoms. The highest BCUT2D eigenvalue weighted by Crippen LogP contribution is 2.17. The van der Waals surface area contributed by atoms with Crippen LogP contribution < -0.4 is 0 Å². The van der Waals surface area contributed by atoms with E-state index in [1.54, 1.807) is 6.07 Å². The quantitative estimate of drug-likeness (QED) is 0.787. The molecule has 2 unspecified atom stereocenters. The van der Waals surface area contributed by atoms with Gasteiger partial charge in [0.2, 0.25) is 0 Å². The minimum atomic E-state index is 0.0166. The summed E-state index contributed by atoms with van der Waals surface area (Å²) >= 11 is 3.39. The number of morpholine rings is 1. The number of hydrogen-bond donors (Lipinski definition) is 0. The van der Waals surface area contributed by atoms with Gasteiger partial charge in [0.15, 0.2) is 0 Å². The average Bonchev–Trinajstić information content (AvgIpc) is 2.74. The fourth-order valence-electron chi connectivity index (χ4n) is 2.03. The Morgan fingerprint density at radius 2 is 2.35 bits per heavy atom. The van der Waals surface area contributed by atoms with E-state index in [0.29, 0.717) is 18.7 Å². The Hall–Kier alpha value is -0.810. The summed E-state index contributed by atoms with van der Waals surface area (Å²) < 4.78 is 10.9. The Labute approximate surface area is 109 Å². The minimum Gasteiger partial charge on any atom is -0.469 e.